The standard InChI is InChI=1S/C10H10F2N2O2/c11-5-3-14-4-6(12)7(5)10(1-2-10)8(13)9(15)16/h3-4,8H,1-2,13H2,(H,15,16). The fraction of sp³-hybridized carbons (Fsp3) is 0.400. The van der Waals surface area contributed by atoms with Crippen molar-refractivity contribution in [1.82, 2.24) is 4.98 Å². The lowest BCUT2D eigenvalue weighted by molar-refractivity contribution is -0.139. The Labute approximate surface area is 90.1 Å². The Morgan fingerprint density at radius 2 is 1.94 bits per heavy atom. The second kappa shape index (κ2) is 3.48. The molecular formula is C10H10F2N2O2. The molecule has 1 unspecified atom stereocenters. The summed E-state index contributed by atoms with van der Waals surface area (Å²) in [5.41, 5.74) is 4.11. The molecule has 1 aromatic rings. The quantitative estimate of drug-likeness (QED) is 0.802. The van der Waals surface area contributed by atoms with E-state index < -0.39 is 29.1 Å². The Morgan fingerprint density at radius 3 is 2.31 bits per heavy atom. The Hall–Kier alpha value is -1.56. The van der Waals surface area contributed by atoms with Gasteiger partial charge in [0, 0.05) is 11.0 Å². The summed E-state index contributed by atoms with van der Waals surface area (Å²) in [5.74, 6) is -2.93. The van der Waals surface area contributed by atoms with E-state index in [1.165, 1.54) is 0 Å². The van der Waals surface area contributed by atoms with Crippen molar-refractivity contribution in [3.63, 3.8) is 0 Å². The Bertz CT molecular complexity index is 426. The van der Waals surface area contributed by atoms with Gasteiger partial charge < -0.3 is 10.8 Å². The van der Waals surface area contributed by atoms with Crippen molar-refractivity contribution < 1.29 is 18.7 Å². The number of nitrogens with zero attached hydrogens (tertiary/aromatic N) is 1. The van der Waals surface area contributed by atoms with Crippen molar-refractivity contribution in [1.29, 1.82) is 0 Å². The molecule has 0 amide bonds. The Morgan fingerprint density at radius 1 is 1.44 bits per heavy atom. The number of aliphatic carboxylic acids is 1. The van der Waals surface area contributed by atoms with E-state index in [9.17, 15) is 13.6 Å². The van der Waals surface area contributed by atoms with E-state index in [2.05, 4.69) is 4.98 Å². The molecule has 1 aromatic heterocycles. The van der Waals surface area contributed by atoms with Gasteiger partial charge in [-0.15, -0.1) is 0 Å². The first-order valence-electron chi connectivity index (χ1n) is 4.77. The average Bonchev–Trinajstić information content (AvgIpc) is 2.97. The summed E-state index contributed by atoms with van der Waals surface area (Å²) in [5, 5.41) is 8.82. The zero-order valence-electron chi connectivity index (χ0n) is 8.28. The number of carbonyl (C=O) groups is 1. The van der Waals surface area contributed by atoms with Gasteiger partial charge in [-0.25, -0.2) is 8.78 Å². The molecule has 6 heteroatoms. The minimum Gasteiger partial charge on any atom is -0.480 e. The molecule has 0 saturated heterocycles. The molecule has 1 atom stereocenters. The molecule has 1 fully saturated rings. The highest BCUT2D eigenvalue weighted by atomic mass is 19.1. The lowest BCUT2D eigenvalue weighted by Crippen LogP contribution is -2.42. The van der Waals surface area contributed by atoms with E-state index in [0.717, 1.165) is 12.4 Å². The van der Waals surface area contributed by atoms with Crippen LogP contribution in [0.25, 0.3) is 0 Å². The zero-order valence-corrected chi connectivity index (χ0v) is 8.28. The van der Waals surface area contributed by atoms with E-state index in [0.29, 0.717) is 12.8 Å². The number of pyridine rings is 1. The van der Waals surface area contributed by atoms with Gasteiger partial charge in [0.2, 0.25) is 0 Å². The first kappa shape index (κ1) is 10.9. The van der Waals surface area contributed by atoms with E-state index in [-0.39, 0.29) is 5.56 Å². The molecule has 0 bridgehead atoms. The predicted octanol–water partition coefficient (Wildman–Crippen LogP) is 0.803. The lowest BCUT2D eigenvalue weighted by atomic mass is 9.88. The maximum absolute atomic E-state index is 13.5. The molecule has 4 nitrogen and oxygen atoms in total. The van der Waals surface area contributed by atoms with Crippen LogP contribution in [0.2, 0.25) is 0 Å². The maximum Gasteiger partial charge on any atom is 0.321 e. The number of hydrogen-bond donors (Lipinski definition) is 2. The third kappa shape index (κ3) is 1.46. The van der Waals surface area contributed by atoms with Crippen LogP contribution in [0.5, 0.6) is 0 Å². The highest BCUT2D eigenvalue weighted by Crippen LogP contribution is 2.51. The van der Waals surface area contributed by atoms with Crippen molar-refractivity contribution in [3.8, 4) is 0 Å². The molecule has 2 rings (SSSR count). The fourth-order valence-electron chi connectivity index (χ4n) is 1.97. The van der Waals surface area contributed by atoms with Gasteiger partial charge in [0.15, 0.2) is 0 Å². The van der Waals surface area contributed by atoms with Gasteiger partial charge in [-0.2, -0.15) is 0 Å². The topological polar surface area (TPSA) is 76.2 Å². The van der Waals surface area contributed by atoms with Crippen LogP contribution in [0.4, 0.5) is 8.78 Å². The van der Waals surface area contributed by atoms with Crippen LogP contribution in [0, 0.1) is 11.6 Å². The Balaban J connectivity index is 2.48. The first-order chi connectivity index (χ1) is 7.49. The third-order valence-electron chi connectivity index (χ3n) is 3.00. The first-order valence-corrected chi connectivity index (χ1v) is 4.77. The number of halogens is 2. The second-order valence-electron chi connectivity index (χ2n) is 3.95. The minimum atomic E-state index is -1.29. The van der Waals surface area contributed by atoms with Crippen molar-refractivity contribution in [2.45, 2.75) is 24.3 Å². The predicted molar refractivity (Wildman–Crippen MR) is 50.7 cm³/mol. The number of carboxylic acid groups (broad SMARTS) is 1. The number of nitrogens with two attached hydrogens (primary N) is 1. The van der Waals surface area contributed by atoms with Crippen LogP contribution in [0.1, 0.15) is 18.4 Å². The molecule has 1 saturated carbocycles. The normalized spacial score (nSPS) is 19.2. The van der Waals surface area contributed by atoms with Crippen LogP contribution in [-0.4, -0.2) is 22.1 Å². The van der Waals surface area contributed by atoms with Crippen LogP contribution in [0.3, 0.4) is 0 Å². The van der Waals surface area contributed by atoms with Crippen molar-refractivity contribution in [3.05, 3.63) is 29.6 Å². The molecule has 1 aliphatic rings. The van der Waals surface area contributed by atoms with Gasteiger partial charge >= 0.3 is 5.97 Å². The van der Waals surface area contributed by atoms with Gasteiger partial charge in [-0.1, -0.05) is 0 Å². The summed E-state index contributed by atoms with van der Waals surface area (Å²) in [6.45, 7) is 0. The molecule has 1 heterocycles. The maximum atomic E-state index is 13.5. The average molecular weight is 228 g/mol. The summed E-state index contributed by atoms with van der Waals surface area (Å²) in [6.07, 6.45) is 2.48. The highest BCUT2D eigenvalue weighted by Gasteiger charge is 2.55. The molecule has 0 radical (unpaired) electrons. The smallest absolute Gasteiger partial charge is 0.321 e. The molecule has 16 heavy (non-hydrogen) atoms. The molecule has 3 N–H and O–H groups in total. The van der Waals surface area contributed by atoms with Crippen LogP contribution in [-0.2, 0) is 10.2 Å². The summed E-state index contributed by atoms with van der Waals surface area (Å²) < 4.78 is 26.9. The summed E-state index contributed by atoms with van der Waals surface area (Å²) in [7, 11) is 0. The minimum absolute atomic E-state index is 0.252. The van der Waals surface area contributed by atoms with Crippen molar-refractivity contribution in [2.24, 2.45) is 5.73 Å². The van der Waals surface area contributed by atoms with Crippen molar-refractivity contribution >= 4 is 5.97 Å². The van der Waals surface area contributed by atoms with E-state index in [1.54, 1.807) is 0 Å². The number of rotatable bonds is 3. The van der Waals surface area contributed by atoms with Gasteiger partial charge in [0.05, 0.1) is 12.4 Å². The molecule has 86 valence electrons. The van der Waals surface area contributed by atoms with Crippen molar-refractivity contribution in [2.75, 3.05) is 0 Å². The Kier molecular flexibility index (Phi) is 2.38. The molecular weight excluding hydrogens is 218 g/mol. The zero-order chi connectivity index (χ0) is 11.9. The van der Waals surface area contributed by atoms with Gasteiger partial charge in [0.1, 0.15) is 17.7 Å². The number of hydrogen-bond acceptors (Lipinski definition) is 3. The lowest BCUT2D eigenvalue weighted by Gasteiger charge is -2.20. The highest BCUT2D eigenvalue weighted by molar-refractivity contribution is 5.77. The largest absolute Gasteiger partial charge is 0.480 e. The summed E-state index contributed by atoms with van der Waals surface area (Å²) in [4.78, 5) is 14.1. The SMILES string of the molecule is NC(C(=O)O)C1(c2c(F)cncc2F)CC1. The fourth-order valence-corrected chi connectivity index (χ4v) is 1.97. The molecule has 0 spiro atoms. The number of carboxylic acids is 1. The van der Waals surface area contributed by atoms with Gasteiger partial charge in [-0.05, 0) is 12.8 Å². The molecule has 0 aromatic carbocycles. The molecule has 0 aliphatic heterocycles. The van der Waals surface area contributed by atoms with Gasteiger partial charge in [0.25, 0.3) is 0 Å². The number of aromatic nitrogens is 1. The molecule has 1 aliphatic carbocycles. The van der Waals surface area contributed by atoms with Crippen LogP contribution >= 0.6 is 0 Å². The van der Waals surface area contributed by atoms with Crippen LogP contribution < -0.4 is 5.73 Å². The monoisotopic (exact) mass is 228 g/mol. The summed E-state index contributed by atoms with van der Waals surface area (Å²) >= 11 is 0. The van der Waals surface area contributed by atoms with E-state index in [4.69, 9.17) is 10.8 Å². The van der Waals surface area contributed by atoms with Gasteiger partial charge in [-0.3, -0.25) is 9.78 Å². The third-order valence-corrected chi connectivity index (χ3v) is 3.00. The summed E-state index contributed by atoms with van der Waals surface area (Å²) in [6, 6.07) is -1.29. The van der Waals surface area contributed by atoms with E-state index >= 15 is 0 Å². The second-order valence-corrected chi connectivity index (χ2v) is 3.95. The van der Waals surface area contributed by atoms with Crippen LogP contribution in [0.15, 0.2) is 12.4 Å². The van der Waals surface area contributed by atoms with E-state index in [1.807, 2.05) is 0 Å².